The van der Waals surface area contributed by atoms with E-state index in [1.807, 2.05) is 13.0 Å². The number of ether oxygens (including phenoxy) is 1. The fourth-order valence-electron chi connectivity index (χ4n) is 0.837. The molecule has 0 spiro atoms. The summed E-state index contributed by atoms with van der Waals surface area (Å²) in [7, 11) is 0. The highest BCUT2D eigenvalue weighted by Crippen LogP contribution is 2.12. The Morgan fingerprint density at radius 3 is 2.57 bits per heavy atom. The molecule has 0 aliphatic rings. The number of halogens is 2. The smallest absolute Gasteiger partial charge is 0.317 e. The van der Waals surface area contributed by atoms with Gasteiger partial charge in [-0.2, -0.15) is 8.78 Å². The van der Waals surface area contributed by atoms with Crippen LogP contribution >= 0.6 is 0 Å². The summed E-state index contributed by atoms with van der Waals surface area (Å²) in [5.41, 5.74) is 1.03. The Kier molecular flexibility index (Phi) is 6.04. The molecule has 0 N–H and O–H groups in total. The first-order chi connectivity index (χ1) is 6.49. The summed E-state index contributed by atoms with van der Waals surface area (Å²) in [4.78, 5) is 0. The van der Waals surface area contributed by atoms with Crippen LogP contribution in [0.15, 0.2) is 36.5 Å². The molecule has 3 heteroatoms. The van der Waals surface area contributed by atoms with Crippen LogP contribution in [0.25, 0.3) is 0 Å². The lowest BCUT2D eigenvalue weighted by Gasteiger charge is -2.08. The minimum Gasteiger partial charge on any atom is -0.317 e. The Hall–Kier alpha value is -0.960. The summed E-state index contributed by atoms with van der Waals surface area (Å²) in [5.74, 6) is 0. The third-order valence-corrected chi connectivity index (χ3v) is 1.51. The molecule has 0 saturated heterocycles. The number of rotatable bonds is 6. The maximum atomic E-state index is 12.2. The van der Waals surface area contributed by atoms with E-state index in [0.717, 1.165) is 18.9 Å². The summed E-state index contributed by atoms with van der Waals surface area (Å²) in [6, 6.07) is 0. The van der Waals surface area contributed by atoms with Crippen LogP contribution in [0.5, 0.6) is 0 Å². The third kappa shape index (κ3) is 7.68. The Morgan fingerprint density at radius 1 is 1.50 bits per heavy atom. The van der Waals surface area contributed by atoms with Crippen LogP contribution in [0.4, 0.5) is 8.78 Å². The zero-order valence-corrected chi connectivity index (χ0v) is 8.59. The minimum absolute atomic E-state index is 0.0853. The number of hydrogen-bond acceptors (Lipinski definition) is 1. The monoisotopic (exact) mass is 202 g/mol. The van der Waals surface area contributed by atoms with Gasteiger partial charge in [-0.15, -0.1) is 0 Å². The highest BCUT2D eigenvalue weighted by atomic mass is 19.3. The van der Waals surface area contributed by atoms with Gasteiger partial charge >= 0.3 is 6.11 Å². The molecule has 0 saturated carbocycles. The fourth-order valence-corrected chi connectivity index (χ4v) is 0.837. The first-order valence-electron chi connectivity index (χ1n) is 4.49. The van der Waals surface area contributed by atoms with Gasteiger partial charge < -0.3 is 4.74 Å². The molecule has 0 unspecified atom stereocenters. The van der Waals surface area contributed by atoms with E-state index in [2.05, 4.69) is 11.3 Å². The first kappa shape index (κ1) is 13.0. The van der Waals surface area contributed by atoms with Crippen molar-refractivity contribution in [1.82, 2.24) is 0 Å². The van der Waals surface area contributed by atoms with E-state index in [-0.39, 0.29) is 6.61 Å². The van der Waals surface area contributed by atoms with Crippen LogP contribution in [0.3, 0.4) is 0 Å². The SMILES string of the molecule is C=C/C=C(\C=C/COC(C)(F)F)CC. The van der Waals surface area contributed by atoms with Gasteiger partial charge in [-0.25, -0.2) is 0 Å². The molecular weight excluding hydrogens is 186 g/mol. The summed E-state index contributed by atoms with van der Waals surface area (Å²) in [6.07, 6.45) is 4.60. The minimum atomic E-state index is -3.06. The zero-order valence-electron chi connectivity index (χ0n) is 8.59. The first-order valence-corrected chi connectivity index (χ1v) is 4.49. The van der Waals surface area contributed by atoms with E-state index in [1.165, 1.54) is 0 Å². The molecular formula is C11H16F2O. The van der Waals surface area contributed by atoms with E-state index in [4.69, 9.17) is 0 Å². The van der Waals surface area contributed by atoms with Crippen LogP contribution < -0.4 is 0 Å². The van der Waals surface area contributed by atoms with Gasteiger partial charge in [-0.3, -0.25) is 0 Å². The number of allylic oxidation sites excluding steroid dienone is 4. The van der Waals surface area contributed by atoms with Crippen LogP contribution in [0, 0.1) is 0 Å². The largest absolute Gasteiger partial charge is 0.353 e. The van der Waals surface area contributed by atoms with Crippen molar-refractivity contribution in [3.8, 4) is 0 Å². The van der Waals surface area contributed by atoms with E-state index < -0.39 is 6.11 Å². The lowest BCUT2D eigenvalue weighted by molar-refractivity contribution is -0.216. The van der Waals surface area contributed by atoms with Crippen molar-refractivity contribution >= 4 is 0 Å². The highest BCUT2D eigenvalue weighted by molar-refractivity contribution is 5.22. The number of hydrogen-bond donors (Lipinski definition) is 0. The Labute approximate surface area is 83.8 Å². The maximum Gasteiger partial charge on any atom is 0.353 e. The van der Waals surface area contributed by atoms with Gasteiger partial charge in [0.1, 0.15) is 0 Å². The maximum absolute atomic E-state index is 12.2. The molecule has 14 heavy (non-hydrogen) atoms. The molecule has 0 aliphatic heterocycles. The van der Waals surface area contributed by atoms with E-state index in [1.54, 1.807) is 18.2 Å². The summed E-state index contributed by atoms with van der Waals surface area (Å²) < 4.78 is 28.6. The fraction of sp³-hybridized carbons (Fsp3) is 0.455. The van der Waals surface area contributed by atoms with Gasteiger partial charge in [0.15, 0.2) is 0 Å². The molecule has 0 aromatic rings. The zero-order chi connectivity index (χ0) is 11.0. The second kappa shape index (κ2) is 6.49. The van der Waals surface area contributed by atoms with Crippen molar-refractivity contribution in [2.75, 3.05) is 6.61 Å². The molecule has 80 valence electrons. The summed E-state index contributed by atoms with van der Waals surface area (Å²) >= 11 is 0. The molecule has 0 aliphatic carbocycles. The average molecular weight is 202 g/mol. The van der Waals surface area contributed by atoms with Crippen molar-refractivity contribution in [3.05, 3.63) is 36.5 Å². The van der Waals surface area contributed by atoms with E-state index in [9.17, 15) is 8.78 Å². The normalized spacial score (nSPS) is 13.6. The lowest BCUT2D eigenvalue weighted by Crippen LogP contribution is -2.14. The topological polar surface area (TPSA) is 9.23 Å². The Morgan fingerprint density at radius 2 is 2.14 bits per heavy atom. The standard InChI is InChI=1S/C11H16F2O/c1-4-7-10(5-2)8-6-9-14-11(3,12)13/h4,6-8H,1,5,9H2,2-3H3/b8-6-,10-7-. The van der Waals surface area contributed by atoms with Crippen LogP contribution in [0.1, 0.15) is 20.3 Å². The van der Waals surface area contributed by atoms with Crippen molar-refractivity contribution in [2.45, 2.75) is 26.4 Å². The number of alkyl halides is 2. The predicted octanol–water partition coefficient (Wildman–Crippen LogP) is 3.69. The second-order valence-electron chi connectivity index (χ2n) is 2.85. The molecule has 0 aromatic carbocycles. The molecule has 0 fully saturated rings. The van der Waals surface area contributed by atoms with Gasteiger partial charge in [0.05, 0.1) is 6.61 Å². The van der Waals surface area contributed by atoms with Crippen molar-refractivity contribution in [3.63, 3.8) is 0 Å². The molecule has 1 nitrogen and oxygen atoms in total. The molecule has 0 radical (unpaired) electrons. The predicted molar refractivity (Wildman–Crippen MR) is 54.3 cm³/mol. The lowest BCUT2D eigenvalue weighted by atomic mass is 10.2. The molecule has 0 bridgehead atoms. The second-order valence-corrected chi connectivity index (χ2v) is 2.85. The van der Waals surface area contributed by atoms with E-state index in [0.29, 0.717) is 0 Å². The Balaban J connectivity index is 3.93. The van der Waals surface area contributed by atoms with Crippen molar-refractivity contribution < 1.29 is 13.5 Å². The van der Waals surface area contributed by atoms with Crippen LogP contribution in [0.2, 0.25) is 0 Å². The van der Waals surface area contributed by atoms with Crippen molar-refractivity contribution in [1.29, 1.82) is 0 Å². The summed E-state index contributed by atoms with van der Waals surface area (Å²) in [5, 5.41) is 0. The highest BCUT2D eigenvalue weighted by Gasteiger charge is 2.19. The quantitative estimate of drug-likeness (QED) is 0.597. The van der Waals surface area contributed by atoms with Crippen molar-refractivity contribution in [2.24, 2.45) is 0 Å². The van der Waals surface area contributed by atoms with Crippen LogP contribution in [-0.2, 0) is 4.74 Å². The van der Waals surface area contributed by atoms with Crippen LogP contribution in [-0.4, -0.2) is 12.7 Å². The molecule has 0 heterocycles. The van der Waals surface area contributed by atoms with Gasteiger partial charge in [0.2, 0.25) is 0 Å². The molecule has 0 atom stereocenters. The van der Waals surface area contributed by atoms with Gasteiger partial charge in [0, 0.05) is 6.92 Å². The molecule has 0 amide bonds. The molecule has 0 aromatic heterocycles. The third-order valence-electron chi connectivity index (χ3n) is 1.51. The van der Waals surface area contributed by atoms with E-state index >= 15 is 0 Å². The Bertz CT molecular complexity index is 224. The van der Waals surface area contributed by atoms with Gasteiger partial charge in [-0.05, 0) is 12.0 Å². The average Bonchev–Trinajstić information content (AvgIpc) is 2.08. The van der Waals surface area contributed by atoms with Gasteiger partial charge in [0.25, 0.3) is 0 Å². The molecule has 0 rings (SSSR count). The van der Waals surface area contributed by atoms with Gasteiger partial charge in [-0.1, -0.05) is 37.8 Å². The summed E-state index contributed by atoms with van der Waals surface area (Å²) in [6.45, 7) is 6.17.